The smallest absolute Gasteiger partial charge is 0.317 e. The van der Waals surface area contributed by atoms with E-state index in [0.29, 0.717) is 19.8 Å². The van der Waals surface area contributed by atoms with Gasteiger partial charge in [0.1, 0.15) is 0 Å². The number of carbonyl (C=O) groups excluding carboxylic acids is 1. The van der Waals surface area contributed by atoms with Crippen molar-refractivity contribution in [3.8, 4) is 0 Å². The van der Waals surface area contributed by atoms with Crippen LogP contribution < -0.4 is 5.32 Å². The minimum atomic E-state index is -2.98. The average Bonchev–Trinajstić information content (AvgIpc) is 2.61. The third-order valence-electron chi connectivity index (χ3n) is 5.05. The third-order valence-corrected chi connectivity index (χ3v) is 6.65. The Bertz CT molecular complexity index is 655. The second-order valence-electron chi connectivity index (χ2n) is 6.56. The highest BCUT2D eigenvalue weighted by atomic mass is 32.2. The van der Waals surface area contributed by atoms with E-state index < -0.39 is 9.84 Å². The van der Waals surface area contributed by atoms with Crippen molar-refractivity contribution in [3.05, 3.63) is 35.9 Å². The highest BCUT2D eigenvalue weighted by Gasteiger charge is 2.35. The second kappa shape index (κ2) is 7.11. The van der Waals surface area contributed by atoms with Crippen LogP contribution in [0, 0.1) is 0 Å². The molecule has 0 radical (unpaired) electrons. The number of benzene rings is 1. The molecule has 0 aromatic heterocycles. The Hall–Kier alpha value is -1.60. The van der Waals surface area contributed by atoms with E-state index in [1.165, 1.54) is 5.56 Å². The molecule has 0 aliphatic carbocycles. The van der Waals surface area contributed by atoms with Crippen molar-refractivity contribution in [2.75, 3.05) is 44.4 Å². The molecule has 6 nitrogen and oxygen atoms in total. The molecule has 2 heterocycles. The molecule has 0 unspecified atom stereocenters. The van der Waals surface area contributed by atoms with Crippen molar-refractivity contribution < 1.29 is 17.9 Å². The van der Waals surface area contributed by atoms with Gasteiger partial charge in [0.25, 0.3) is 0 Å². The molecule has 2 saturated heterocycles. The Balaban J connectivity index is 1.65. The van der Waals surface area contributed by atoms with E-state index in [0.717, 1.165) is 12.8 Å². The van der Waals surface area contributed by atoms with E-state index in [1.54, 1.807) is 4.90 Å². The van der Waals surface area contributed by atoms with Gasteiger partial charge in [-0.3, -0.25) is 0 Å². The zero-order valence-electron chi connectivity index (χ0n) is 13.7. The fraction of sp³-hybridized carbons (Fsp3) is 0.588. The van der Waals surface area contributed by atoms with Crippen LogP contribution in [0.2, 0.25) is 0 Å². The number of ether oxygens (including phenoxy) is 1. The summed E-state index contributed by atoms with van der Waals surface area (Å²) in [6.45, 7) is 2.47. The van der Waals surface area contributed by atoms with Crippen LogP contribution in [0.15, 0.2) is 30.3 Å². The monoisotopic (exact) mass is 352 g/mol. The number of sulfone groups is 1. The Kier molecular flexibility index (Phi) is 5.10. The normalized spacial score (nSPS) is 22.8. The van der Waals surface area contributed by atoms with Crippen molar-refractivity contribution in [3.63, 3.8) is 0 Å². The third kappa shape index (κ3) is 3.89. The molecule has 1 aromatic carbocycles. The molecule has 0 spiro atoms. The molecule has 2 fully saturated rings. The van der Waals surface area contributed by atoms with E-state index in [2.05, 4.69) is 17.4 Å². The Morgan fingerprint density at radius 2 is 1.75 bits per heavy atom. The predicted molar refractivity (Wildman–Crippen MR) is 91.8 cm³/mol. The number of nitrogens with zero attached hydrogens (tertiary/aromatic N) is 1. The standard InChI is InChI=1S/C17H24N2O4S/c20-16(19-8-12-24(21,22)13-9-19)18-14-17(6-10-23-11-7-17)15-4-2-1-3-5-15/h1-5H,6-14H2,(H,18,20). The maximum Gasteiger partial charge on any atom is 0.317 e. The highest BCUT2D eigenvalue weighted by Crippen LogP contribution is 2.34. The van der Waals surface area contributed by atoms with Crippen LogP contribution in [0.5, 0.6) is 0 Å². The van der Waals surface area contributed by atoms with Gasteiger partial charge in [-0.25, -0.2) is 13.2 Å². The van der Waals surface area contributed by atoms with Crippen LogP contribution >= 0.6 is 0 Å². The van der Waals surface area contributed by atoms with Gasteiger partial charge in [-0.15, -0.1) is 0 Å². The summed E-state index contributed by atoms with van der Waals surface area (Å²) in [6.07, 6.45) is 1.73. The van der Waals surface area contributed by atoms with Crippen LogP contribution in [-0.2, 0) is 20.0 Å². The fourth-order valence-electron chi connectivity index (χ4n) is 3.39. The largest absolute Gasteiger partial charge is 0.381 e. The van der Waals surface area contributed by atoms with E-state index in [9.17, 15) is 13.2 Å². The number of hydrogen-bond donors (Lipinski definition) is 1. The summed E-state index contributed by atoms with van der Waals surface area (Å²) in [4.78, 5) is 14.0. The molecular weight excluding hydrogens is 328 g/mol. The van der Waals surface area contributed by atoms with Crippen molar-refractivity contribution >= 4 is 15.9 Å². The van der Waals surface area contributed by atoms with Crippen LogP contribution in [0.4, 0.5) is 4.79 Å². The predicted octanol–water partition coefficient (Wildman–Crippen LogP) is 1.17. The van der Waals surface area contributed by atoms with E-state index in [4.69, 9.17) is 4.74 Å². The first-order valence-corrected chi connectivity index (χ1v) is 10.2. The summed E-state index contributed by atoms with van der Waals surface area (Å²) in [6, 6.07) is 10.1. The molecule has 1 aromatic rings. The summed E-state index contributed by atoms with van der Waals surface area (Å²) in [5.41, 5.74) is 1.10. The Morgan fingerprint density at radius 3 is 2.38 bits per heavy atom. The maximum atomic E-state index is 12.4. The van der Waals surface area contributed by atoms with Gasteiger partial charge in [-0.2, -0.15) is 0 Å². The van der Waals surface area contributed by atoms with E-state index in [-0.39, 0.29) is 36.0 Å². The zero-order valence-corrected chi connectivity index (χ0v) is 14.6. The molecule has 2 aliphatic rings. The summed E-state index contributed by atoms with van der Waals surface area (Å²) >= 11 is 0. The van der Waals surface area contributed by atoms with Gasteiger partial charge in [0.2, 0.25) is 0 Å². The zero-order chi connectivity index (χ0) is 17.0. The SMILES string of the molecule is O=C(NCC1(c2ccccc2)CCOCC1)N1CCS(=O)(=O)CC1. The number of rotatable bonds is 3. The molecule has 3 rings (SSSR count). The summed E-state index contributed by atoms with van der Waals surface area (Å²) in [5.74, 6) is 0.107. The molecule has 2 amide bonds. The first kappa shape index (κ1) is 17.2. The lowest BCUT2D eigenvalue weighted by Gasteiger charge is -2.38. The molecular formula is C17H24N2O4S. The van der Waals surface area contributed by atoms with Gasteiger partial charge in [0.15, 0.2) is 9.84 Å². The molecule has 24 heavy (non-hydrogen) atoms. The van der Waals surface area contributed by atoms with Crippen LogP contribution in [0.3, 0.4) is 0 Å². The molecule has 0 atom stereocenters. The number of urea groups is 1. The highest BCUT2D eigenvalue weighted by molar-refractivity contribution is 7.91. The van der Waals surface area contributed by atoms with Gasteiger partial charge in [0, 0.05) is 38.3 Å². The number of hydrogen-bond acceptors (Lipinski definition) is 4. The van der Waals surface area contributed by atoms with Gasteiger partial charge in [-0.1, -0.05) is 30.3 Å². The van der Waals surface area contributed by atoms with Crippen molar-refractivity contribution in [1.29, 1.82) is 0 Å². The average molecular weight is 352 g/mol. The van der Waals surface area contributed by atoms with Crippen LogP contribution in [-0.4, -0.2) is 63.7 Å². The van der Waals surface area contributed by atoms with E-state index in [1.807, 2.05) is 18.2 Å². The van der Waals surface area contributed by atoms with Crippen LogP contribution in [0.25, 0.3) is 0 Å². The lowest BCUT2D eigenvalue weighted by molar-refractivity contribution is 0.0501. The minimum Gasteiger partial charge on any atom is -0.381 e. The van der Waals surface area contributed by atoms with Gasteiger partial charge >= 0.3 is 6.03 Å². The maximum absolute atomic E-state index is 12.4. The van der Waals surface area contributed by atoms with Crippen LogP contribution in [0.1, 0.15) is 18.4 Å². The molecule has 132 valence electrons. The summed E-state index contributed by atoms with van der Waals surface area (Å²) < 4.78 is 28.5. The second-order valence-corrected chi connectivity index (χ2v) is 8.86. The van der Waals surface area contributed by atoms with Gasteiger partial charge in [0.05, 0.1) is 11.5 Å². The Morgan fingerprint density at radius 1 is 1.12 bits per heavy atom. The van der Waals surface area contributed by atoms with Crippen molar-refractivity contribution in [2.45, 2.75) is 18.3 Å². The molecule has 0 bridgehead atoms. The topological polar surface area (TPSA) is 75.7 Å². The fourth-order valence-corrected chi connectivity index (χ4v) is 4.59. The molecule has 2 aliphatic heterocycles. The van der Waals surface area contributed by atoms with Gasteiger partial charge < -0.3 is 15.0 Å². The molecule has 7 heteroatoms. The first-order chi connectivity index (χ1) is 11.5. The number of nitrogens with one attached hydrogen (secondary N) is 1. The quantitative estimate of drug-likeness (QED) is 0.886. The first-order valence-electron chi connectivity index (χ1n) is 8.37. The van der Waals surface area contributed by atoms with Gasteiger partial charge in [-0.05, 0) is 18.4 Å². The van der Waals surface area contributed by atoms with E-state index >= 15 is 0 Å². The van der Waals surface area contributed by atoms with Crippen molar-refractivity contribution in [1.82, 2.24) is 10.2 Å². The lowest BCUT2D eigenvalue weighted by atomic mass is 9.74. The molecule has 1 N–H and O–H groups in total. The molecule has 0 saturated carbocycles. The lowest BCUT2D eigenvalue weighted by Crippen LogP contribution is -2.52. The number of amides is 2. The number of carbonyl (C=O) groups is 1. The summed E-state index contributed by atoms with van der Waals surface area (Å²) in [7, 11) is -2.98. The Labute approximate surface area is 143 Å². The minimum absolute atomic E-state index is 0.0537. The summed E-state index contributed by atoms with van der Waals surface area (Å²) in [5, 5.41) is 3.03. The van der Waals surface area contributed by atoms with Crippen molar-refractivity contribution in [2.24, 2.45) is 0 Å².